The number of hydrogen-bond donors (Lipinski definition) is 2. The summed E-state index contributed by atoms with van der Waals surface area (Å²) in [4.78, 5) is 25.2. The minimum Gasteiger partial charge on any atom is -0.333 e. The van der Waals surface area contributed by atoms with Crippen molar-refractivity contribution in [3.63, 3.8) is 0 Å². The molecule has 2 rings (SSSR count). The minimum absolute atomic E-state index is 0.0335. The lowest BCUT2D eigenvalue weighted by atomic mass is 10.1. The second-order valence-electron chi connectivity index (χ2n) is 4.93. The first kappa shape index (κ1) is 14.5. The van der Waals surface area contributed by atoms with Gasteiger partial charge >= 0.3 is 0 Å². The number of piperazine rings is 1. The van der Waals surface area contributed by atoms with E-state index in [1.165, 1.54) is 25.1 Å². The van der Waals surface area contributed by atoms with Gasteiger partial charge in [0.05, 0.1) is 5.69 Å². The van der Waals surface area contributed by atoms with E-state index in [9.17, 15) is 14.0 Å². The predicted octanol–water partition coefficient (Wildman–Crippen LogP) is 1.22. The third-order valence-corrected chi connectivity index (χ3v) is 3.29. The number of halogens is 1. The normalized spacial score (nSPS) is 18.8. The zero-order valence-corrected chi connectivity index (χ0v) is 11.6. The van der Waals surface area contributed by atoms with Gasteiger partial charge in [-0.25, -0.2) is 4.39 Å². The number of anilines is 1. The number of benzene rings is 1. The molecule has 2 N–H and O–H groups in total. The number of carbonyl (C=O) groups excluding carboxylic acids is 2. The van der Waals surface area contributed by atoms with Gasteiger partial charge in [0.1, 0.15) is 5.82 Å². The Kier molecular flexibility index (Phi) is 4.34. The Hall–Kier alpha value is -1.95. The molecule has 0 saturated carbocycles. The molecule has 0 spiro atoms. The first-order valence-corrected chi connectivity index (χ1v) is 6.58. The first-order valence-electron chi connectivity index (χ1n) is 6.58. The molecular weight excluding hydrogens is 261 g/mol. The van der Waals surface area contributed by atoms with Crippen LogP contribution in [0.2, 0.25) is 0 Å². The molecule has 5 nitrogen and oxygen atoms in total. The van der Waals surface area contributed by atoms with Crippen LogP contribution in [0.4, 0.5) is 10.1 Å². The summed E-state index contributed by atoms with van der Waals surface area (Å²) in [6.07, 6.45) is 0. The molecule has 20 heavy (non-hydrogen) atoms. The maximum absolute atomic E-state index is 13.6. The molecule has 6 heteroatoms. The number of nitrogens with one attached hydrogen (secondary N) is 2. The molecule has 0 aromatic heterocycles. The Morgan fingerprint density at radius 3 is 2.85 bits per heavy atom. The fourth-order valence-electron chi connectivity index (χ4n) is 2.25. The Bertz CT molecular complexity index is 533. The highest BCUT2D eigenvalue weighted by molar-refractivity contribution is 5.97. The molecule has 0 bridgehead atoms. The van der Waals surface area contributed by atoms with Crippen LogP contribution in [0.25, 0.3) is 0 Å². The average Bonchev–Trinajstić information content (AvgIpc) is 2.40. The van der Waals surface area contributed by atoms with Gasteiger partial charge in [0.15, 0.2) is 0 Å². The SMILES string of the molecule is CC(=O)Nc1cc(C(=O)N2CCNC[C@H]2C)ccc1F. The van der Waals surface area contributed by atoms with Crippen LogP contribution in [0.5, 0.6) is 0 Å². The van der Waals surface area contributed by atoms with Crippen molar-refractivity contribution in [1.82, 2.24) is 10.2 Å². The zero-order chi connectivity index (χ0) is 14.7. The topological polar surface area (TPSA) is 61.4 Å². The Morgan fingerprint density at radius 2 is 2.20 bits per heavy atom. The van der Waals surface area contributed by atoms with Crippen molar-refractivity contribution < 1.29 is 14.0 Å². The van der Waals surface area contributed by atoms with Crippen LogP contribution in [0.1, 0.15) is 24.2 Å². The third kappa shape index (κ3) is 3.14. The summed E-state index contributed by atoms with van der Waals surface area (Å²) in [5.41, 5.74) is 0.412. The van der Waals surface area contributed by atoms with Crippen molar-refractivity contribution in [2.45, 2.75) is 19.9 Å². The average molecular weight is 279 g/mol. The highest BCUT2D eigenvalue weighted by Crippen LogP contribution is 2.18. The van der Waals surface area contributed by atoms with Gasteiger partial charge in [-0.05, 0) is 25.1 Å². The van der Waals surface area contributed by atoms with E-state index in [2.05, 4.69) is 10.6 Å². The number of rotatable bonds is 2. The zero-order valence-electron chi connectivity index (χ0n) is 11.6. The number of carbonyl (C=O) groups is 2. The van der Waals surface area contributed by atoms with Crippen molar-refractivity contribution in [2.75, 3.05) is 25.0 Å². The number of nitrogens with zero attached hydrogens (tertiary/aromatic N) is 1. The molecule has 0 radical (unpaired) electrons. The summed E-state index contributed by atoms with van der Waals surface area (Å²) < 4.78 is 13.6. The summed E-state index contributed by atoms with van der Waals surface area (Å²) >= 11 is 0. The maximum atomic E-state index is 13.6. The van der Waals surface area contributed by atoms with Crippen molar-refractivity contribution in [2.24, 2.45) is 0 Å². The summed E-state index contributed by atoms with van der Waals surface area (Å²) in [5.74, 6) is -1.07. The molecule has 1 atom stereocenters. The van der Waals surface area contributed by atoms with Crippen LogP contribution >= 0.6 is 0 Å². The molecule has 1 aromatic rings. The van der Waals surface area contributed by atoms with Crippen LogP contribution in [0, 0.1) is 5.82 Å². The van der Waals surface area contributed by atoms with Crippen molar-refractivity contribution in [1.29, 1.82) is 0 Å². The van der Waals surface area contributed by atoms with Crippen molar-refractivity contribution in [3.8, 4) is 0 Å². The van der Waals surface area contributed by atoms with E-state index >= 15 is 0 Å². The van der Waals surface area contributed by atoms with Crippen LogP contribution < -0.4 is 10.6 Å². The fraction of sp³-hybridized carbons (Fsp3) is 0.429. The molecule has 1 heterocycles. The van der Waals surface area contributed by atoms with Crippen LogP contribution in [-0.4, -0.2) is 42.4 Å². The number of amides is 2. The summed E-state index contributed by atoms with van der Waals surface area (Å²) in [7, 11) is 0. The molecule has 0 unspecified atom stereocenters. The Balaban J connectivity index is 2.23. The molecule has 2 amide bonds. The van der Waals surface area contributed by atoms with Gasteiger partial charge < -0.3 is 15.5 Å². The van der Waals surface area contributed by atoms with E-state index in [1.807, 2.05) is 6.92 Å². The Morgan fingerprint density at radius 1 is 1.45 bits per heavy atom. The molecule has 108 valence electrons. The van der Waals surface area contributed by atoms with E-state index in [-0.39, 0.29) is 23.5 Å². The van der Waals surface area contributed by atoms with Gasteiger partial charge in [-0.1, -0.05) is 0 Å². The highest BCUT2D eigenvalue weighted by Gasteiger charge is 2.24. The maximum Gasteiger partial charge on any atom is 0.254 e. The summed E-state index contributed by atoms with van der Waals surface area (Å²) in [5, 5.41) is 5.59. The van der Waals surface area contributed by atoms with Crippen LogP contribution in [-0.2, 0) is 4.79 Å². The molecule has 0 aliphatic carbocycles. The lowest BCUT2D eigenvalue weighted by Gasteiger charge is -2.34. The largest absolute Gasteiger partial charge is 0.333 e. The molecule has 1 aliphatic heterocycles. The quantitative estimate of drug-likeness (QED) is 0.855. The second-order valence-corrected chi connectivity index (χ2v) is 4.93. The van der Waals surface area contributed by atoms with E-state index in [0.717, 1.165) is 13.1 Å². The minimum atomic E-state index is -0.551. The van der Waals surface area contributed by atoms with E-state index in [0.29, 0.717) is 12.1 Å². The van der Waals surface area contributed by atoms with Gasteiger partial charge in [0, 0.05) is 38.2 Å². The van der Waals surface area contributed by atoms with Crippen LogP contribution in [0.15, 0.2) is 18.2 Å². The van der Waals surface area contributed by atoms with Crippen molar-refractivity contribution >= 4 is 17.5 Å². The van der Waals surface area contributed by atoms with E-state index < -0.39 is 5.82 Å². The third-order valence-electron chi connectivity index (χ3n) is 3.29. The molecule has 1 fully saturated rings. The van der Waals surface area contributed by atoms with Gasteiger partial charge in [0.25, 0.3) is 5.91 Å². The fourth-order valence-corrected chi connectivity index (χ4v) is 2.25. The molecule has 1 aromatic carbocycles. The lowest BCUT2D eigenvalue weighted by molar-refractivity contribution is -0.114. The smallest absolute Gasteiger partial charge is 0.254 e. The van der Waals surface area contributed by atoms with Crippen LogP contribution in [0.3, 0.4) is 0 Å². The lowest BCUT2D eigenvalue weighted by Crippen LogP contribution is -2.52. The summed E-state index contributed by atoms with van der Waals surface area (Å²) in [6, 6.07) is 4.11. The monoisotopic (exact) mass is 279 g/mol. The molecule has 1 saturated heterocycles. The second kappa shape index (κ2) is 6.00. The Labute approximate surface area is 117 Å². The first-order chi connectivity index (χ1) is 9.49. The van der Waals surface area contributed by atoms with Gasteiger partial charge in [-0.3, -0.25) is 9.59 Å². The van der Waals surface area contributed by atoms with Gasteiger partial charge in [-0.15, -0.1) is 0 Å². The highest BCUT2D eigenvalue weighted by atomic mass is 19.1. The van der Waals surface area contributed by atoms with Gasteiger partial charge in [0.2, 0.25) is 5.91 Å². The van der Waals surface area contributed by atoms with E-state index in [4.69, 9.17) is 0 Å². The van der Waals surface area contributed by atoms with Crippen molar-refractivity contribution in [3.05, 3.63) is 29.6 Å². The summed E-state index contributed by atoms with van der Waals surface area (Å²) in [6.45, 7) is 5.36. The molecule has 1 aliphatic rings. The molecular formula is C14H18FN3O2. The number of hydrogen-bond acceptors (Lipinski definition) is 3. The standard InChI is InChI=1S/C14H18FN3O2/c1-9-8-16-5-6-18(9)14(20)11-3-4-12(15)13(7-11)17-10(2)19/h3-4,7,9,16H,5-6,8H2,1-2H3,(H,17,19)/t9-/m1/s1. The predicted molar refractivity (Wildman–Crippen MR) is 74.1 cm³/mol. The van der Waals surface area contributed by atoms with E-state index in [1.54, 1.807) is 4.90 Å². The van der Waals surface area contributed by atoms with Gasteiger partial charge in [-0.2, -0.15) is 0 Å².